The van der Waals surface area contributed by atoms with Crippen molar-refractivity contribution in [3.05, 3.63) is 0 Å². The summed E-state index contributed by atoms with van der Waals surface area (Å²) in [6.07, 6.45) is 0. The molecule has 0 aliphatic heterocycles. The minimum Gasteiger partial charge on any atom is -0.468 e. The molecule has 11 heavy (non-hydrogen) atoms. The third kappa shape index (κ3) is 2.88. The summed E-state index contributed by atoms with van der Waals surface area (Å²) in [7, 11) is 2.45. The van der Waals surface area contributed by atoms with Crippen LogP contribution in [0, 0.1) is 5.92 Å². The Balaban J connectivity index is 4.15. The second-order valence-electron chi connectivity index (χ2n) is 1.75. The van der Waals surface area contributed by atoms with Crippen LogP contribution in [0.1, 0.15) is 0 Å². The van der Waals surface area contributed by atoms with Gasteiger partial charge in [-0.05, 0) is 0 Å². The fourth-order valence-electron chi connectivity index (χ4n) is 0.507. The van der Waals surface area contributed by atoms with Gasteiger partial charge in [0.15, 0.2) is 5.92 Å². The molecular weight excluding hydrogens is 216 g/mol. The Labute approximate surface area is 73.0 Å². The van der Waals surface area contributed by atoms with Crippen LogP contribution >= 0.6 is 15.9 Å². The monoisotopic (exact) mass is 224 g/mol. The lowest BCUT2D eigenvalue weighted by atomic mass is 10.2. The number of alkyl halides is 1. The van der Waals surface area contributed by atoms with E-state index >= 15 is 0 Å². The van der Waals surface area contributed by atoms with Crippen molar-refractivity contribution in [2.75, 3.05) is 19.5 Å². The Bertz CT molecular complexity index is 141. The number of ether oxygens (including phenoxy) is 2. The summed E-state index contributed by atoms with van der Waals surface area (Å²) < 4.78 is 8.71. The van der Waals surface area contributed by atoms with Crippen LogP contribution in [0.2, 0.25) is 0 Å². The number of carbonyl (C=O) groups excluding carboxylic acids is 2. The van der Waals surface area contributed by atoms with Crippen LogP contribution in [0.3, 0.4) is 0 Å². The molecule has 0 amide bonds. The molecule has 4 nitrogen and oxygen atoms in total. The second-order valence-corrected chi connectivity index (χ2v) is 2.40. The van der Waals surface area contributed by atoms with Gasteiger partial charge in [0, 0.05) is 5.33 Å². The number of halogens is 1. The molecule has 5 heteroatoms. The van der Waals surface area contributed by atoms with Crippen LogP contribution in [0.25, 0.3) is 0 Å². The molecule has 0 unspecified atom stereocenters. The second kappa shape index (κ2) is 5.12. The molecule has 0 saturated heterocycles. The quantitative estimate of drug-likeness (QED) is 0.395. The first kappa shape index (κ1) is 10.4. The van der Waals surface area contributed by atoms with E-state index < -0.39 is 17.9 Å². The SMILES string of the molecule is COC(=O)C(CBr)C(=O)OC. The van der Waals surface area contributed by atoms with Crippen molar-refractivity contribution in [3.8, 4) is 0 Å². The van der Waals surface area contributed by atoms with Crippen molar-refractivity contribution in [2.24, 2.45) is 5.92 Å². The van der Waals surface area contributed by atoms with Gasteiger partial charge in [-0.15, -0.1) is 0 Å². The third-order valence-corrected chi connectivity index (χ3v) is 1.77. The van der Waals surface area contributed by atoms with E-state index in [1.807, 2.05) is 0 Å². The molecule has 0 bridgehead atoms. The minimum atomic E-state index is -0.856. The normalized spacial score (nSPS) is 9.45. The lowest BCUT2D eigenvalue weighted by molar-refractivity contribution is -0.157. The van der Waals surface area contributed by atoms with Crippen molar-refractivity contribution in [3.63, 3.8) is 0 Å². The smallest absolute Gasteiger partial charge is 0.320 e. The van der Waals surface area contributed by atoms with Crippen LogP contribution in [0.5, 0.6) is 0 Å². The van der Waals surface area contributed by atoms with Gasteiger partial charge in [-0.2, -0.15) is 0 Å². The van der Waals surface area contributed by atoms with E-state index in [2.05, 4.69) is 25.4 Å². The zero-order chi connectivity index (χ0) is 8.85. The van der Waals surface area contributed by atoms with E-state index in [1.165, 1.54) is 14.2 Å². The van der Waals surface area contributed by atoms with Gasteiger partial charge in [-0.1, -0.05) is 15.9 Å². The number of hydrogen-bond donors (Lipinski definition) is 0. The summed E-state index contributed by atoms with van der Waals surface area (Å²) in [4.78, 5) is 21.6. The van der Waals surface area contributed by atoms with Crippen molar-refractivity contribution in [1.82, 2.24) is 0 Å². The van der Waals surface area contributed by atoms with Crippen molar-refractivity contribution < 1.29 is 19.1 Å². The Morgan fingerprint density at radius 3 is 1.82 bits per heavy atom. The van der Waals surface area contributed by atoms with Crippen LogP contribution in [-0.2, 0) is 19.1 Å². The van der Waals surface area contributed by atoms with Crippen LogP contribution in [-0.4, -0.2) is 31.5 Å². The Kier molecular flexibility index (Phi) is 4.85. The first-order valence-corrected chi connectivity index (χ1v) is 4.01. The van der Waals surface area contributed by atoms with Gasteiger partial charge in [0.1, 0.15) is 0 Å². The van der Waals surface area contributed by atoms with Gasteiger partial charge < -0.3 is 9.47 Å². The van der Waals surface area contributed by atoms with Gasteiger partial charge >= 0.3 is 11.9 Å². The lowest BCUT2D eigenvalue weighted by Gasteiger charge is -2.07. The van der Waals surface area contributed by atoms with Gasteiger partial charge in [-0.3, -0.25) is 9.59 Å². The summed E-state index contributed by atoms with van der Waals surface area (Å²) >= 11 is 3.00. The number of rotatable bonds is 3. The molecule has 0 aromatic rings. The van der Waals surface area contributed by atoms with E-state index in [0.717, 1.165) is 0 Å². The molecule has 0 atom stereocenters. The largest absolute Gasteiger partial charge is 0.468 e. The van der Waals surface area contributed by atoms with Crippen molar-refractivity contribution >= 4 is 27.9 Å². The molecule has 0 radical (unpaired) electrons. The zero-order valence-corrected chi connectivity index (χ0v) is 7.88. The average Bonchev–Trinajstić information content (AvgIpc) is 2.05. The summed E-state index contributed by atoms with van der Waals surface area (Å²) in [5, 5.41) is 0.215. The first-order chi connectivity index (χ1) is 5.17. The van der Waals surface area contributed by atoms with Gasteiger partial charge in [0.2, 0.25) is 0 Å². The third-order valence-electron chi connectivity index (χ3n) is 1.13. The molecular formula is C6H9BrO4. The number of carbonyl (C=O) groups is 2. The Morgan fingerprint density at radius 2 is 1.64 bits per heavy atom. The minimum absolute atomic E-state index is 0.215. The van der Waals surface area contributed by atoms with E-state index in [4.69, 9.17) is 0 Å². The summed E-state index contributed by atoms with van der Waals surface area (Å²) in [6, 6.07) is 0. The fourth-order valence-corrected chi connectivity index (χ4v) is 1.04. The Morgan fingerprint density at radius 1 is 1.27 bits per heavy atom. The first-order valence-electron chi connectivity index (χ1n) is 2.89. The number of methoxy groups -OCH3 is 2. The van der Waals surface area contributed by atoms with E-state index in [9.17, 15) is 9.59 Å². The highest BCUT2D eigenvalue weighted by molar-refractivity contribution is 9.09. The average molecular weight is 225 g/mol. The molecule has 0 heterocycles. The molecule has 0 fully saturated rings. The highest BCUT2D eigenvalue weighted by atomic mass is 79.9. The standard InChI is InChI=1S/C6H9BrO4/c1-10-5(8)4(3-7)6(9)11-2/h4H,3H2,1-2H3. The summed E-state index contributed by atoms with van der Waals surface area (Å²) in [6.45, 7) is 0. The fraction of sp³-hybridized carbons (Fsp3) is 0.667. The summed E-state index contributed by atoms with van der Waals surface area (Å²) in [5.41, 5.74) is 0. The predicted molar refractivity (Wildman–Crippen MR) is 41.3 cm³/mol. The molecule has 0 aliphatic rings. The summed E-state index contributed by atoms with van der Waals surface area (Å²) in [5.74, 6) is -2.03. The zero-order valence-electron chi connectivity index (χ0n) is 6.30. The maximum atomic E-state index is 10.8. The Hall–Kier alpha value is -0.580. The van der Waals surface area contributed by atoms with E-state index in [1.54, 1.807) is 0 Å². The van der Waals surface area contributed by atoms with Crippen LogP contribution in [0.15, 0.2) is 0 Å². The molecule has 0 N–H and O–H groups in total. The van der Waals surface area contributed by atoms with Gasteiger partial charge in [0.05, 0.1) is 14.2 Å². The van der Waals surface area contributed by atoms with E-state index in [-0.39, 0.29) is 5.33 Å². The molecule has 0 aromatic carbocycles. The highest BCUT2D eigenvalue weighted by Crippen LogP contribution is 2.05. The molecule has 0 spiro atoms. The highest BCUT2D eigenvalue weighted by Gasteiger charge is 2.26. The number of esters is 2. The van der Waals surface area contributed by atoms with Gasteiger partial charge in [0.25, 0.3) is 0 Å². The maximum Gasteiger partial charge on any atom is 0.320 e. The molecule has 0 saturated carbocycles. The molecule has 0 rings (SSSR count). The lowest BCUT2D eigenvalue weighted by Crippen LogP contribution is -2.27. The molecule has 0 aromatic heterocycles. The predicted octanol–water partition coefficient (Wildman–Crippen LogP) is 0.343. The topological polar surface area (TPSA) is 52.6 Å². The number of hydrogen-bond acceptors (Lipinski definition) is 4. The molecule has 64 valence electrons. The molecule has 0 aliphatic carbocycles. The maximum absolute atomic E-state index is 10.8. The van der Waals surface area contributed by atoms with Gasteiger partial charge in [-0.25, -0.2) is 0 Å². The van der Waals surface area contributed by atoms with Crippen LogP contribution in [0.4, 0.5) is 0 Å². The van der Waals surface area contributed by atoms with Crippen molar-refractivity contribution in [2.45, 2.75) is 0 Å². The van der Waals surface area contributed by atoms with Crippen molar-refractivity contribution in [1.29, 1.82) is 0 Å². The van der Waals surface area contributed by atoms with Crippen LogP contribution < -0.4 is 0 Å². The van der Waals surface area contributed by atoms with E-state index in [0.29, 0.717) is 0 Å².